The van der Waals surface area contributed by atoms with Crippen molar-refractivity contribution in [1.29, 1.82) is 0 Å². The molecule has 6 heteroatoms. The maximum absolute atomic E-state index is 12.9. The Morgan fingerprint density at radius 1 is 1.33 bits per heavy atom. The number of amides is 1. The van der Waals surface area contributed by atoms with Crippen LogP contribution in [0, 0.1) is 5.82 Å². The van der Waals surface area contributed by atoms with E-state index in [1.54, 1.807) is 0 Å². The van der Waals surface area contributed by atoms with E-state index in [2.05, 4.69) is 5.32 Å². The lowest BCUT2D eigenvalue weighted by Crippen LogP contribution is -2.23. The summed E-state index contributed by atoms with van der Waals surface area (Å²) in [5.41, 5.74) is 6.21. The van der Waals surface area contributed by atoms with Crippen LogP contribution in [0.4, 0.5) is 15.8 Å². The molecule has 1 unspecified atom stereocenters. The molecule has 1 saturated carbocycles. The van der Waals surface area contributed by atoms with Crippen molar-refractivity contribution in [2.75, 3.05) is 16.8 Å². The third-order valence-corrected chi connectivity index (χ3v) is 5.56. The molecular weight excluding hydrogens is 291 g/mol. The maximum Gasteiger partial charge on any atom is 0.225 e. The van der Waals surface area contributed by atoms with Gasteiger partial charge in [0.2, 0.25) is 5.91 Å². The number of nitrogens with one attached hydrogen (secondary N) is 1. The van der Waals surface area contributed by atoms with Crippen LogP contribution in [0.1, 0.15) is 38.5 Å². The van der Waals surface area contributed by atoms with Crippen LogP contribution < -0.4 is 11.1 Å². The average Bonchev–Trinajstić information content (AvgIpc) is 2.48. The first kappa shape index (κ1) is 15.9. The van der Waals surface area contributed by atoms with Crippen LogP contribution in [0.2, 0.25) is 0 Å². The van der Waals surface area contributed by atoms with Gasteiger partial charge >= 0.3 is 0 Å². The molecule has 4 nitrogen and oxygen atoms in total. The molecule has 1 fully saturated rings. The molecule has 0 radical (unpaired) electrons. The Morgan fingerprint density at radius 3 is 2.71 bits per heavy atom. The van der Waals surface area contributed by atoms with E-state index in [-0.39, 0.29) is 23.3 Å². The Labute approximate surface area is 126 Å². The number of hydrogen-bond donors (Lipinski definition) is 2. The number of nitrogen functional groups attached to an aromatic ring is 1. The van der Waals surface area contributed by atoms with Crippen molar-refractivity contribution in [3.63, 3.8) is 0 Å². The maximum atomic E-state index is 12.9. The smallest absolute Gasteiger partial charge is 0.225 e. The monoisotopic (exact) mass is 312 g/mol. The molecule has 21 heavy (non-hydrogen) atoms. The zero-order valence-electron chi connectivity index (χ0n) is 11.9. The highest BCUT2D eigenvalue weighted by molar-refractivity contribution is 7.85. The molecule has 1 aromatic carbocycles. The first-order chi connectivity index (χ1) is 10.1. The van der Waals surface area contributed by atoms with Crippen molar-refractivity contribution in [3.8, 4) is 0 Å². The Bertz CT molecular complexity index is 530. The molecular formula is C15H21FN2O2S. The molecule has 0 spiro atoms. The van der Waals surface area contributed by atoms with Crippen LogP contribution >= 0.6 is 0 Å². The van der Waals surface area contributed by atoms with Crippen molar-refractivity contribution in [3.05, 3.63) is 24.0 Å². The minimum atomic E-state index is -0.946. The molecule has 1 aromatic rings. The quantitative estimate of drug-likeness (QED) is 0.821. The van der Waals surface area contributed by atoms with E-state index in [4.69, 9.17) is 5.73 Å². The van der Waals surface area contributed by atoms with Gasteiger partial charge in [-0.25, -0.2) is 4.39 Å². The van der Waals surface area contributed by atoms with Crippen LogP contribution in [0.25, 0.3) is 0 Å². The summed E-state index contributed by atoms with van der Waals surface area (Å²) >= 11 is 0. The molecule has 1 aliphatic carbocycles. The fourth-order valence-corrected chi connectivity index (χ4v) is 4.13. The second-order valence-corrected chi connectivity index (χ2v) is 7.21. The van der Waals surface area contributed by atoms with Gasteiger partial charge in [0.1, 0.15) is 5.82 Å². The number of carbonyl (C=O) groups is 1. The van der Waals surface area contributed by atoms with Crippen LogP contribution in [-0.4, -0.2) is 21.1 Å². The van der Waals surface area contributed by atoms with E-state index in [1.165, 1.54) is 18.6 Å². The van der Waals surface area contributed by atoms with Gasteiger partial charge in [-0.1, -0.05) is 19.3 Å². The van der Waals surface area contributed by atoms with Gasteiger partial charge in [-0.3, -0.25) is 9.00 Å². The zero-order valence-corrected chi connectivity index (χ0v) is 12.8. The van der Waals surface area contributed by atoms with Gasteiger partial charge in [-0.15, -0.1) is 0 Å². The van der Waals surface area contributed by atoms with Crippen LogP contribution in [0.5, 0.6) is 0 Å². The highest BCUT2D eigenvalue weighted by Crippen LogP contribution is 2.23. The van der Waals surface area contributed by atoms with Crippen molar-refractivity contribution < 1.29 is 13.4 Å². The standard InChI is InChI=1S/C15H21FN2O2S/c16-11-6-7-14(13(17)10-11)18-15(19)8-9-21(20)12-4-2-1-3-5-12/h6-7,10,12H,1-5,8-9,17H2,(H,18,19). The summed E-state index contributed by atoms with van der Waals surface area (Å²) < 4.78 is 25.0. The minimum absolute atomic E-state index is 0.191. The highest BCUT2D eigenvalue weighted by atomic mass is 32.2. The number of carbonyl (C=O) groups excluding carboxylic acids is 1. The highest BCUT2D eigenvalue weighted by Gasteiger charge is 2.20. The second-order valence-electron chi connectivity index (χ2n) is 5.37. The second kappa shape index (κ2) is 7.54. The number of anilines is 2. The first-order valence-corrected chi connectivity index (χ1v) is 8.66. The number of halogens is 1. The normalized spacial score (nSPS) is 17.4. The van der Waals surface area contributed by atoms with Crippen LogP contribution in [0.3, 0.4) is 0 Å². The van der Waals surface area contributed by atoms with E-state index >= 15 is 0 Å². The molecule has 1 aliphatic rings. The SMILES string of the molecule is Nc1cc(F)ccc1NC(=O)CCS(=O)C1CCCCC1. The van der Waals surface area contributed by atoms with E-state index in [1.807, 2.05) is 0 Å². The predicted octanol–water partition coefficient (Wildman–Crippen LogP) is 2.82. The van der Waals surface area contributed by atoms with Crippen LogP contribution in [0.15, 0.2) is 18.2 Å². The Hall–Kier alpha value is -1.43. The van der Waals surface area contributed by atoms with E-state index in [0.717, 1.165) is 31.7 Å². The molecule has 0 bridgehead atoms. The molecule has 2 rings (SSSR count). The Morgan fingerprint density at radius 2 is 2.05 bits per heavy atom. The molecule has 1 amide bonds. The molecule has 116 valence electrons. The van der Waals surface area contributed by atoms with Gasteiger partial charge in [0, 0.05) is 28.2 Å². The number of rotatable bonds is 5. The van der Waals surface area contributed by atoms with Crippen LogP contribution in [-0.2, 0) is 15.6 Å². The lowest BCUT2D eigenvalue weighted by molar-refractivity contribution is -0.115. The van der Waals surface area contributed by atoms with Gasteiger partial charge in [0.15, 0.2) is 0 Å². The van der Waals surface area contributed by atoms with E-state index in [0.29, 0.717) is 11.4 Å². The summed E-state index contributed by atoms with van der Waals surface area (Å²) in [4.78, 5) is 11.8. The molecule has 0 heterocycles. The molecule has 3 N–H and O–H groups in total. The zero-order chi connectivity index (χ0) is 15.2. The average molecular weight is 312 g/mol. The molecule has 1 atom stereocenters. The fraction of sp³-hybridized carbons (Fsp3) is 0.533. The number of nitrogens with two attached hydrogens (primary N) is 1. The Balaban J connectivity index is 1.80. The summed E-state index contributed by atoms with van der Waals surface area (Å²) in [5, 5.41) is 2.87. The number of hydrogen-bond acceptors (Lipinski definition) is 3. The topological polar surface area (TPSA) is 72.2 Å². The summed E-state index contributed by atoms with van der Waals surface area (Å²) in [6.45, 7) is 0. The number of benzene rings is 1. The first-order valence-electron chi connectivity index (χ1n) is 7.28. The molecule has 0 aromatic heterocycles. The molecule has 0 aliphatic heterocycles. The van der Waals surface area contributed by atoms with Gasteiger partial charge in [-0.05, 0) is 31.0 Å². The fourth-order valence-electron chi connectivity index (χ4n) is 2.55. The lowest BCUT2D eigenvalue weighted by atomic mass is 10.0. The summed E-state index contributed by atoms with van der Waals surface area (Å²) in [7, 11) is -0.946. The van der Waals surface area contributed by atoms with Crippen molar-refractivity contribution in [1.82, 2.24) is 0 Å². The van der Waals surface area contributed by atoms with Gasteiger partial charge in [0.25, 0.3) is 0 Å². The predicted molar refractivity (Wildman–Crippen MR) is 83.9 cm³/mol. The van der Waals surface area contributed by atoms with Crippen molar-refractivity contribution >= 4 is 28.1 Å². The third-order valence-electron chi connectivity index (χ3n) is 3.74. The lowest BCUT2D eigenvalue weighted by Gasteiger charge is -2.20. The third kappa shape index (κ3) is 4.81. The van der Waals surface area contributed by atoms with E-state index in [9.17, 15) is 13.4 Å². The van der Waals surface area contributed by atoms with Crippen molar-refractivity contribution in [2.24, 2.45) is 0 Å². The summed E-state index contributed by atoms with van der Waals surface area (Å²) in [6, 6.07) is 3.84. The van der Waals surface area contributed by atoms with Gasteiger partial charge < -0.3 is 11.1 Å². The van der Waals surface area contributed by atoms with Gasteiger partial charge in [-0.2, -0.15) is 0 Å². The largest absolute Gasteiger partial charge is 0.397 e. The van der Waals surface area contributed by atoms with E-state index < -0.39 is 16.6 Å². The van der Waals surface area contributed by atoms with Crippen molar-refractivity contribution in [2.45, 2.75) is 43.8 Å². The Kier molecular flexibility index (Phi) is 5.73. The van der Waals surface area contributed by atoms with Gasteiger partial charge in [0.05, 0.1) is 11.4 Å². The summed E-state index contributed by atoms with van der Waals surface area (Å²) in [5.74, 6) is -0.307. The molecule has 0 saturated heterocycles. The summed E-state index contributed by atoms with van der Waals surface area (Å²) in [6.07, 6.45) is 5.68. The minimum Gasteiger partial charge on any atom is -0.397 e.